The van der Waals surface area contributed by atoms with Crippen LogP contribution in [0.4, 0.5) is 4.79 Å². The van der Waals surface area contributed by atoms with Crippen molar-refractivity contribution in [3.05, 3.63) is 28.2 Å². The van der Waals surface area contributed by atoms with Gasteiger partial charge in [-0.3, -0.25) is 10.1 Å². The van der Waals surface area contributed by atoms with Gasteiger partial charge in [0.25, 0.3) is 0 Å². The number of amides is 3. The van der Waals surface area contributed by atoms with Crippen LogP contribution in [0.5, 0.6) is 0 Å². The fourth-order valence-electron chi connectivity index (χ4n) is 1.29. The molecule has 0 fully saturated rings. The third-order valence-corrected chi connectivity index (χ3v) is 3.96. The molecule has 3 amide bonds. The lowest BCUT2D eigenvalue weighted by Crippen LogP contribution is -2.41. The summed E-state index contributed by atoms with van der Waals surface area (Å²) >= 11 is 4.32. The molecular formula is C12H13BrN2O4S. The highest BCUT2D eigenvalue weighted by Gasteiger charge is 2.20. The summed E-state index contributed by atoms with van der Waals surface area (Å²) in [7, 11) is 1.40. The molecule has 0 saturated carbocycles. The first-order valence-electron chi connectivity index (χ1n) is 5.57. The minimum absolute atomic E-state index is 0.109. The van der Waals surface area contributed by atoms with Gasteiger partial charge in [-0.15, -0.1) is 11.8 Å². The van der Waals surface area contributed by atoms with Crippen molar-refractivity contribution in [2.45, 2.75) is 17.1 Å². The lowest BCUT2D eigenvalue weighted by Gasteiger charge is -2.12. The van der Waals surface area contributed by atoms with Crippen molar-refractivity contribution in [3.63, 3.8) is 0 Å². The third-order valence-electron chi connectivity index (χ3n) is 2.31. The summed E-state index contributed by atoms with van der Waals surface area (Å²) < 4.78 is 0.712. The first-order chi connectivity index (χ1) is 9.35. The Balaban J connectivity index is 2.87. The van der Waals surface area contributed by atoms with Crippen molar-refractivity contribution in [2.24, 2.45) is 0 Å². The Morgan fingerprint density at radius 3 is 2.55 bits per heavy atom. The van der Waals surface area contributed by atoms with Gasteiger partial charge in [0.05, 0.1) is 10.8 Å². The normalized spacial score (nSPS) is 11.6. The summed E-state index contributed by atoms with van der Waals surface area (Å²) in [5, 5.41) is 12.9. The van der Waals surface area contributed by atoms with Gasteiger partial charge in [0.15, 0.2) is 0 Å². The molecule has 0 saturated heterocycles. The van der Waals surface area contributed by atoms with Crippen LogP contribution < -0.4 is 10.6 Å². The SMILES string of the molecule is CNC(=O)NC(=O)C(C)Sc1cc(Br)ccc1C(=O)O. The summed E-state index contributed by atoms with van der Waals surface area (Å²) in [6.45, 7) is 1.59. The number of thioether (sulfide) groups is 1. The van der Waals surface area contributed by atoms with Crippen LogP contribution in [0.25, 0.3) is 0 Å². The molecule has 1 unspecified atom stereocenters. The predicted molar refractivity (Wildman–Crippen MR) is 79.0 cm³/mol. The van der Waals surface area contributed by atoms with Gasteiger partial charge in [0, 0.05) is 16.4 Å². The number of halogens is 1. The van der Waals surface area contributed by atoms with Crippen molar-refractivity contribution in [1.29, 1.82) is 0 Å². The minimum Gasteiger partial charge on any atom is -0.478 e. The number of carbonyl (C=O) groups is 3. The Morgan fingerprint density at radius 1 is 1.35 bits per heavy atom. The molecule has 0 radical (unpaired) electrons. The van der Waals surface area contributed by atoms with Crippen molar-refractivity contribution < 1.29 is 19.5 Å². The third kappa shape index (κ3) is 4.53. The van der Waals surface area contributed by atoms with E-state index in [2.05, 4.69) is 26.6 Å². The number of hydrogen-bond donors (Lipinski definition) is 3. The molecular weight excluding hydrogens is 348 g/mol. The molecule has 1 aromatic carbocycles. The van der Waals surface area contributed by atoms with Crippen LogP contribution >= 0.6 is 27.7 Å². The van der Waals surface area contributed by atoms with Crippen LogP contribution in [-0.2, 0) is 4.79 Å². The monoisotopic (exact) mass is 360 g/mol. The van der Waals surface area contributed by atoms with Crippen LogP contribution in [0.2, 0.25) is 0 Å². The van der Waals surface area contributed by atoms with E-state index in [4.69, 9.17) is 5.11 Å². The second-order valence-corrected chi connectivity index (χ2v) is 6.07. The number of carboxylic acid groups (broad SMARTS) is 1. The van der Waals surface area contributed by atoms with Crippen molar-refractivity contribution in [1.82, 2.24) is 10.6 Å². The van der Waals surface area contributed by atoms with Crippen LogP contribution in [0.1, 0.15) is 17.3 Å². The molecule has 8 heteroatoms. The van der Waals surface area contributed by atoms with E-state index in [1.165, 1.54) is 13.1 Å². The highest BCUT2D eigenvalue weighted by atomic mass is 79.9. The number of carbonyl (C=O) groups excluding carboxylic acids is 2. The van der Waals surface area contributed by atoms with E-state index in [0.29, 0.717) is 9.37 Å². The Hall–Kier alpha value is -1.54. The van der Waals surface area contributed by atoms with E-state index in [-0.39, 0.29) is 5.56 Å². The van der Waals surface area contributed by atoms with Crippen molar-refractivity contribution in [3.8, 4) is 0 Å². The Bertz CT molecular complexity index is 550. The standard InChI is InChI=1S/C12H13BrN2O4S/c1-6(10(16)15-12(19)14-2)20-9-5-7(13)3-4-8(9)11(17)18/h3-6H,1-2H3,(H,17,18)(H2,14,15,16,19). The van der Waals surface area contributed by atoms with E-state index in [0.717, 1.165) is 11.8 Å². The molecule has 0 bridgehead atoms. The summed E-state index contributed by atoms with van der Waals surface area (Å²) in [6, 6.07) is 4.09. The zero-order valence-corrected chi connectivity index (χ0v) is 13.2. The molecule has 0 aliphatic carbocycles. The van der Waals surface area contributed by atoms with E-state index in [9.17, 15) is 14.4 Å². The van der Waals surface area contributed by atoms with E-state index in [1.54, 1.807) is 19.1 Å². The first kappa shape index (κ1) is 16.5. The molecule has 0 heterocycles. The lowest BCUT2D eigenvalue weighted by molar-refractivity contribution is -0.119. The van der Waals surface area contributed by atoms with Gasteiger partial charge in [-0.2, -0.15) is 0 Å². The number of aromatic carboxylic acids is 1. The average molecular weight is 361 g/mol. The second kappa shape index (κ2) is 7.30. The zero-order chi connectivity index (χ0) is 15.3. The van der Waals surface area contributed by atoms with E-state index in [1.807, 2.05) is 0 Å². The molecule has 108 valence electrons. The predicted octanol–water partition coefficient (Wildman–Crippen LogP) is 2.08. The topological polar surface area (TPSA) is 95.5 Å². The molecule has 1 atom stereocenters. The highest BCUT2D eigenvalue weighted by molar-refractivity contribution is 9.10. The van der Waals surface area contributed by atoms with Gasteiger partial charge in [0.1, 0.15) is 0 Å². The summed E-state index contributed by atoms with van der Waals surface area (Å²) in [5.74, 6) is -1.57. The smallest absolute Gasteiger partial charge is 0.336 e. The number of rotatable bonds is 4. The number of benzene rings is 1. The summed E-state index contributed by atoms with van der Waals surface area (Å²) in [4.78, 5) is 34.4. The van der Waals surface area contributed by atoms with Crippen molar-refractivity contribution in [2.75, 3.05) is 7.05 Å². The van der Waals surface area contributed by atoms with Gasteiger partial charge in [-0.1, -0.05) is 15.9 Å². The fourth-order valence-corrected chi connectivity index (χ4v) is 2.83. The largest absolute Gasteiger partial charge is 0.478 e. The van der Waals surface area contributed by atoms with Gasteiger partial charge >= 0.3 is 12.0 Å². The lowest BCUT2D eigenvalue weighted by atomic mass is 10.2. The first-order valence-corrected chi connectivity index (χ1v) is 7.24. The van der Waals surface area contributed by atoms with Crippen molar-refractivity contribution >= 4 is 45.6 Å². The second-order valence-electron chi connectivity index (χ2n) is 3.77. The molecule has 0 aliphatic heterocycles. The number of urea groups is 1. The highest BCUT2D eigenvalue weighted by Crippen LogP contribution is 2.29. The molecule has 1 rings (SSSR count). The number of imide groups is 1. The van der Waals surface area contributed by atoms with Crippen LogP contribution in [0.15, 0.2) is 27.6 Å². The van der Waals surface area contributed by atoms with Gasteiger partial charge in [0.2, 0.25) is 5.91 Å². The van der Waals surface area contributed by atoms with Gasteiger partial charge in [-0.25, -0.2) is 9.59 Å². The molecule has 1 aromatic rings. The number of carboxylic acids is 1. The molecule has 3 N–H and O–H groups in total. The van der Waals surface area contributed by atoms with E-state index >= 15 is 0 Å². The summed E-state index contributed by atoms with van der Waals surface area (Å²) in [6.07, 6.45) is 0. The minimum atomic E-state index is -1.07. The summed E-state index contributed by atoms with van der Waals surface area (Å²) in [5.41, 5.74) is 0.109. The zero-order valence-electron chi connectivity index (χ0n) is 10.8. The Labute approximate surface area is 128 Å². The van der Waals surface area contributed by atoms with Gasteiger partial charge < -0.3 is 10.4 Å². The van der Waals surface area contributed by atoms with Crippen LogP contribution in [0, 0.1) is 0 Å². The Kier molecular flexibility index (Phi) is 6.03. The van der Waals surface area contributed by atoms with E-state index < -0.39 is 23.2 Å². The number of hydrogen-bond acceptors (Lipinski definition) is 4. The Morgan fingerprint density at radius 2 is 2.00 bits per heavy atom. The van der Waals surface area contributed by atoms with Crippen LogP contribution in [0.3, 0.4) is 0 Å². The molecule has 6 nitrogen and oxygen atoms in total. The maximum Gasteiger partial charge on any atom is 0.336 e. The fraction of sp³-hybridized carbons (Fsp3) is 0.250. The molecule has 0 spiro atoms. The maximum atomic E-state index is 11.7. The molecule has 0 aliphatic rings. The molecule has 0 aromatic heterocycles. The van der Waals surface area contributed by atoms with Gasteiger partial charge in [-0.05, 0) is 25.1 Å². The number of nitrogens with one attached hydrogen (secondary N) is 2. The maximum absolute atomic E-state index is 11.7. The molecule has 20 heavy (non-hydrogen) atoms. The average Bonchev–Trinajstić information content (AvgIpc) is 2.38. The quantitative estimate of drug-likeness (QED) is 0.714. The van der Waals surface area contributed by atoms with Crippen LogP contribution in [-0.4, -0.2) is 35.3 Å².